The SMILES string of the molecule is CCCO.CCCO.CO.CO.C[NH-].C[NH-].C[NH-].C[NH-].[CH3-].[Co+2].[Co+3]. The van der Waals surface area contributed by atoms with E-state index in [9.17, 15) is 0 Å². The summed E-state index contributed by atoms with van der Waals surface area (Å²) in [7, 11) is 7.00. The van der Waals surface area contributed by atoms with Gasteiger partial charge in [0.2, 0.25) is 0 Å². The molecule has 0 aromatic rings. The van der Waals surface area contributed by atoms with Crippen molar-refractivity contribution < 1.29 is 54.0 Å². The van der Waals surface area contributed by atoms with Crippen molar-refractivity contribution in [2.75, 3.05) is 55.6 Å². The summed E-state index contributed by atoms with van der Waals surface area (Å²) in [4.78, 5) is 0. The van der Waals surface area contributed by atoms with E-state index < -0.39 is 0 Å². The minimum Gasteiger partial charge on any atom is -0.680 e. The maximum Gasteiger partial charge on any atom is 3.00 e. The van der Waals surface area contributed by atoms with Gasteiger partial charge in [0.25, 0.3) is 0 Å². The van der Waals surface area contributed by atoms with Crippen LogP contribution in [-0.4, -0.2) is 76.1 Å². The molecule has 8 nitrogen and oxygen atoms in total. The Morgan fingerprint density at radius 2 is 0.609 bits per heavy atom. The van der Waals surface area contributed by atoms with Crippen LogP contribution in [0.1, 0.15) is 26.7 Å². The monoisotopic (exact) mass is 437 g/mol. The van der Waals surface area contributed by atoms with Gasteiger partial charge < -0.3 is 50.8 Å². The first-order valence-electron chi connectivity index (χ1n) is 5.94. The van der Waals surface area contributed by atoms with Crippen molar-refractivity contribution in [1.29, 1.82) is 0 Å². The Morgan fingerprint density at radius 3 is 0.609 bits per heavy atom. The Kier molecular flexibility index (Phi) is 1600. The predicted molar refractivity (Wildman–Crippen MR) is 98.4 cm³/mol. The van der Waals surface area contributed by atoms with Gasteiger partial charge in [0, 0.05) is 27.4 Å². The first-order chi connectivity index (χ1) is 9.83. The van der Waals surface area contributed by atoms with Crippen LogP contribution >= 0.6 is 0 Å². The molecule has 0 rings (SSSR count). The molecule has 0 heterocycles. The second-order valence-corrected chi connectivity index (χ2v) is 1.45. The van der Waals surface area contributed by atoms with Gasteiger partial charge in [-0.05, 0) is 12.8 Å². The summed E-state index contributed by atoms with van der Waals surface area (Å²) in [5.41, 5.74) is 23.0. The van der Waals surface area contributed by atoms with E-state index >= 15 is 0 Å². The van der Waals surface area contributed by atoms with Crippen LogP contribution in [0.25, 0.3) is 22.9 Å². The summed E-state index contributed by atoms with van der Waals surface area (Å²) in [5.74, 6) is 0. The van der Waals surface area contributed by atoms with Crippen molar-refractivity contribution in [1.82, 2.24) is 0 Å². The summed E-state index contributed by atoms with van der Waals surface area (Å²) in [5, 5.41) is 29.8. The minimum absolute atomic E-state index is 0. The Balaban J connectivity index is -0.00000000802. The summed E-state index contributed by atoms with van der Waals surface area (Å²) >= 11 is 0. The number of aliphatic hydroxyl groups is 4. The standard InChI is InChI=1S/2C3H8O.4CH4N.2CH4O.CH3.2Co/c2*1-2-3-4;6*1-2;;;/h2*4H,2-3H2,1H3;6*2H,1H3;1H3;;/q;;4*-1;;;-1;+2;+3. The van der Waals surface area contributed by atoms with Crippen LogP contribution in [0.2, 0.25) is 0 Å². The van der Waals surface area contributed by atoms with Gasteiger partial charge in [0.1, 0.15) is 0 Å². The number of rotatable bonds is 2. The van der Waals surface area contributed by atoms with E-state index in [1.165, 1.54) is 28.2 Å². The van der Waals surface area contributed by atoms with Gasteiger partial charge in [-0.1, -0.05) is 13.8 Å². The van der Waals surface area contributed by atoms with Crippen LogP contribution in [0.15, 0.2) is 0 Å². The number of aliphatic hydroxyl groups excluding tert-OH is 4. The zero-order chi connectivity index (χ0) is 18.8. The van der Waals surface area contributed by atoms with E-state index in [0.29, 0.717) is 13.2 Å². The van der Waals surface area contributed by atoms with Crippen LogP contribution in [-0.2, 0) is 33.6 Å². The van der Waals surface area contributed by atoms with Gasteiger partial charge in [-0.2, -0.15) is 28.2 Å². The van der Waals surface area contributed by atoms with Crippen LogP contribution in [0, 0.1) is 7.43 Å². The van der Waals surface area contributed by atoms with E-state index in [-0.39, 0.29) is 41.0 Å². The molecule has 0 atom stereocenters. The molecule has 23 heavy (non-hydrogen) atoms. The normalized spacial score (nSPS) is 4.17. The van der Waals surface area contributed by atoms with Crippen LogP contribution in [0.4, 0.5) is 0 Å². The van der Waals surface area contributed by atoms with Crippen molar-refractivity contribution >= 4 is 0 Å². The van der Waals surface area contributed by atoms with Gasteiger partial charge in [0.15, 0.2) is 0 Å². The van der Waals surface area contributed by atoms with E-state index in [4.69, 9.17) is 43.4 Å². The fraction of sp³-hybridized carbons (Fsp3) is 0.923. The minimum atomic E-state index is 0. The Bertz CT molecular complexity index is 45.9. The molecule has 0 saturated heterocycles. The van der Waals surface area contributed by atoms with Gasteiger partial charge >= 0.3 is 33.6 Å². The van der Waals surface area contributed by atoms with Gasteiger partial charge in [-0.15, -0.1) is 0 Å². The maximum atomic E-state index is 7.88. The fourth-order valence-electron chi connectivity index (χ4n) is 0. The average molecular weight is 437 g/mol. The second-order valence-electron chi connectivity index (χ2n) is 1.45. The van der Waals surface area contributed by atoms with E-state index in [0.717, 1.165) is 27.1 Å². The molecule has 0 saturated carbocycles. The van der Waals surface area contributed by atoms with Crippen molar-refractivity contribution in [2.45, 2.75) is 26.7 Å². The third-order valence-corrected chi connectivity index (χ3v) is 0.447. The molecular formula is C13H43Co2N4O4. The largest absolute Gasteiger partial charge is 3.00 e. The number of nitrogens with one attached hydrogen (secondary N) is 4. The van der Waals surface area contributed by atoms with E-state index in [2.05, 4.69) is 0 Å². The molecule has 0 amide bonds. The molecule has 0 aliphatic rings. The third-order valence-electron chi connectivity index (χ3n) is 0.447. The molecule has 157 valence electrons. The molecule has 0 bridgehead atoms. The zero-order valence-electron chi connectivity index (χ0n) is 16.3. The quantitative estimate of drug-likeness (QED) is 0.486. The molecule has 0 aromatic heterocycles. The summed E-state index contributed by atoms with van der Waals surface area (Å²) in [6.07, 6.45) is 1.75. The first-order valence-corrected chi connectivity index (χ1v) is 5.94. The van der Waals surface area contributed by atoms with Crippen molar-refractivity contribution in [3.63, 3.8) is 0 Å². The predicted octanol–water partition coefficient (Wildman–Crippen LogP) is 3.11. The molecule has 0 aliphatic heterocycles. The Labute approximate surface area is 166 Å². The van der Waals surface area contributed by atoms with E-state index in [1.54, 1.807) is 0 Å². The average Bonchev–Trinajstić information content (AvgIpc) is 2.65. The van der Waals surface area contributed by atoms with Crippen LogP contribution in [0.5, 0.6) is 0 Å². The number of hydrogen-bond donors (Lipinski definition) is 4. The Morgan fingerprint density at radius 1 is 0.565 bits per heavy atom. The molecule has 0 aromatic carbocycles. The van der Waals surface area contributed by atoms with Gasteiger partial charge in [-0.3, -0.25) is 0 Å². The molecule has 1 radical (unpaired) electrons. The molecule has 0 spiro atoms. The second kappa shape index (κ2) is 485. The molecular weight excluding hydrogens is 394 g/mol. The molecule has 8 N–H and O–H groups in total. The summed E-state index contributed by atoms with van der Waals surface area (Å²) in [6.45, 7) is 4.50. The summed E-state index contributed by atoms with van der Waals surface area (Å²) in [6, 6.07) is 0. The van der Waals surface area contributed by atoms with E-state index in [1.807, 2.05) is 13.8 Å². The zero-order valence-corrected chi connectivity index (χ0v) is 18.4. The van der Waals surface area contributed by atoms with Gasteiger partial charge in [0.05, 0.1) is 0 Å². The van der Waals surface area contributed by atoms with Crippen LogP contribution < -0.4 is 0 Å². The summed E-state index contributed by atoms with van der Waals surface area (Å²) < 4.78 is 0. The van der Waals surface area contributed by atoms with Crippen molar-refractivity contribution in [2.24, 2.45) is 0 Å². The van der Waals surface area contributed by atoms with Crippen molar-refractivity contribution in [3.8, 4) is 0 Å². The first kappa shape index (κ1) is 75.7. The number of hydrogen-bond acceptors (Lipinski definition) is 4. The Hall–Kier alpha value is 0.693. The van der Waals surface area contributed by atoms with Crippen LogP contribution in [0.3, 0.4) is 0 Å². The third kappa shape index (κ3) is 1340. The molecule has 10 heteroatoms. The molecule has 0 unspecified atom stereocenters. The van der Waals surface area contributed by atoms with Gasteiger partial charge in [-0.25, -0.2) is 0 Å². The molecule has 0 aliphatic carbocycles. The smallest absolute Gasteiger partial charge is 0.680 e. The molecule has 0 fully saturated rings. The fourth-order valence-corrected chi connectivity index (χ4v) is 0. The van der Waals surface area contributed by atoms with Crippen molar-refractivity contribution in [3.05, 3.63) is 30.4 Å². The maximum absolute atomic E-state index is 7.88. The topological polar surface area (TPSA) is 176 Å².